The van der Waals surface area contributed by atoms with Crippen molar-refractivity contribution in [3.05, 3.63) is 35.4 Å². The molecule has 1 aliphatic rings. The van der Waals surface area contributed by atoms with E-state index in [0.717, 1.165) is 13.1 Å². The predicted octanol–water partition coefficient (Wildman–Crippen LogP) is 3.08. The standard InChI is InChI=1S/C20H33F2N5.HI/c1-13(2)27-11-14(3)17(12-27)25-20(23-4)24-10-18(26(5)6)19-15(21)8-7-9-16(19)22;/h7-9,13-14,17-18H,10-12H2,1-6H3,(H2,23,24,25);1H. The van der Waals surface area contributed by atoms with Crippen LogP contribution in [-0.2, 0) is 0 Å². The van der Waals surface area contributed by atoms with E-state index < -0.39 is 17.7 Å². The van der Waals surface area contributed by atoms with Gasteiger partial charge in [-0.3, -0.25) is 9.89 Å². The third kappa shape index (κ3) is 6.25. The molecule has 1 aromatic rings. The second-order valence-corrected chi connectivity index (χ2v) is 7.84. The largest absolute Gasteiger partial charge is 0.354 e. The van der Waals surface area contributed by atoms with Crippen molar-refractivity contribution in [2.24, 2.45) is 10.9 Å². The molecule has 1 aromatic carbocycles. The number of likely N-dealkylation sites (tertiary alicyclic amines) is 1. The van der Waals surface area contributed by atoms with Crippen molar-refractivity contribution in [2.75, 3.05) is 40.8 Å². The molecule has 0 aromatic heterocycles. The molecule has 2 rings (SSSR count). The van der Waals surface area contributed by atoms with Gasteiger partial charge < -0.3 is 15.5 Å². The van der Waals surface area contributed by atoms with E-state index in [1.807, 2.05) is 14.1 Å². The molecule has 0 aliphatic carbocycles. The van der Waals surface area contributed by atoms with Crippen LogP contribution in [0.25, 0.3) is 0 Å². The second kappa shape index (κ2) is 11.3. The monoisotopic (exact) mass is 509 g/mol. The fourth-order valence-corrected chi connectivity index (χ4v) is 3.55. The van der Waals surface area contributed by atoms with E-state index in [4.69, 9.17) is 0 Å². The number of hydrogen-bond acceptors (Lipinski definition) is 3. The highest BCUT2D eigenvalue weighted by Gasteiger charge is 2.31. The molecule has 3 atom stereocenters. The van der Waals surface area contributed by atoms with Gasteiger partial charge in [-0.2, -0.15) is 0 Å². The summed E-state index contributed by atoms with van der Waals surface area (Å²) >= 11 is 0. The van der Waals surface area contributed by atoms with Crippen LogP contribution < -0.4 is 10.6 Å². The van der Waals surface area contributed by atoms with E-state index in [2.05, 4.69) is 41.3 Å². The number of hydrogen-bond donors (Lipinski definition) is 2. The Morgan fingerprint density at radius 1 is 1.25 bits per heavy atom. The van der Waals surface area contributed by atoms with Crippen molar-refractivity contribution >= 4 is 29.9 Å². The van der Waals surface area contributed by atoms with E-state index in [9.17, 15) is 8.78 Å². The van der Waals surface area contributed by atoms with Gasteiger partial charge in [0.2, 0.25) is 0 Å². The van der Waals surface area contributed by atoms with Gasteiger partial charge in [-0.05, 0) is 46.0 Å². The molecule has 0 bridgehead atoms. The van der Waals surface area contributed by atoms with E-state index >= 15 is 0 Å². The third-order valence-corrected chi connectivity index (χ3v) is 5.34. The Bertz CT molecular complexity index is 633. The van der Waals surface area contributed by atoms with Gasteiger partial charge in [0.1, 0.15) is 11.6 Å². The Morgan fingerprint density at radius 2 is 1.86 bits per heavy atom. The zero-order valence-corrected chi connectivity index (χ0v) is 20.0. The van der Waals surface area contributed by atoms with Gasteiger partial charge in [-0.1, -0.05) is 13.0 Å². The number of halogens is 3. The van der Waals surface area contributed by atoms with Crippen LogP contribution in [-0.4, -0.2) is 68.6 Å². The van der Waals surface area contributed by atoms with Gasteiger partial charge in [0.15, 0.2) is 5.96 Å². The summed E-state index contributed by atoms with van der Waals surface area (Å²) in [7, 11) is 5.34. The number of rotatable bonds is 6. The van der Waals surface area contributed by atoms with Gasteiger partial charge in [-0.25, -0.2) is 8.78 Å². The molecule has 1 aliphatic heterocycles. The van der Waals surface area contributed by atoms with Gasteiger partial charge >= 0.3 is 0 Å². The molecule has 0 amide bonds. The molecule has 2 N–H and O–H groups in total. The maximum atomic E-state index is 14.2. The second-order valence-electron chi connectivity index (χ2n) is 7.84. The quantitative estimate of drug-likeness (QED) is 0.352. The van der Waals surface area contributed by atoms with E-state index in [-0.39, 0.29) is 29.5 Å². The van der Waals surface area contributed by atoms with E-state index in [0.29, 0.717) is 30.5 Å². The van der Waals surface area contributed by atoms with Crippen LogP contribution in [0.4, 0.5) is 8.78 Å². The van der Waals surface area contributed by atoms with Crippen molar-refractivity contribution in [1.82, 2.24) is 20.4 Å². The lowest BCUT2D eigenvalue weighted by atomic mass is 10.0. The molecule has 1 heterocycles. The molecule has 8 heteroatoms. The first-order valence-corrected chi connectivity index (χ1v) is 9.56. The summed E-state index contributed by atoms with van der Waals surface area (Å²) in [6, 6.07) is 4.33. The molecule has 5 nitrogen and oxygen atoms in total. The van der Waals surface area contributed by atoms with Gasteiger partial charge in [0.25, 0.3) is 0 Å². The molecule has 3 unspecified atom stereocenters. The van der Waals surface area contributed by atoms with Crippen molar-refractivity contribution in [3.8, 4) is 0 Å². The van der Waals surface area contributed by atoms with Gasteiger partial charge in [0, 0.05) is 44.3 Å². The molecular formula is C20H34F2IN5. The molecular weight excluding hydrogens is 475 g/mol. The van der Waals surface area contributed by atoms with Crippen LogP contribution >= 0.6 is 24.0 Å². The Morgan fingerprint density at radius 3 is 2.32 bits per heavy atom. The summed E-state index contributed by atoms with van der Waals surface area (Å²) in [5.74, 6) is 0.0894. The number of nitrogens with one attached hydrogen (secondary N) is 2. The predicted molar refractivity (Wildman–Crippen MR) is 122 cm³/mol. The van der Waals surface area contributed by atoms with Crippen molar-refractivity contribution in [3.63, 3.8) is 0 Å². The van der Waals surface area contributed by atoms with E-state index in [1.165, 1.54) is 18.2 Å². The maximum Gasteiger partial charge on any atom is 0.191 e. The molecule has 0 saturated carbocycles. The summed E-state index contributed by atoms with van der Waals surface area (Å²) in [4.78, 5) is 8.54. The fraction of sp³-hybridized carbons (Fsp3) is 0.650. The molecule has 1 fully saturated rings. The Labute approximate surface area is 185 Å². The number of benzene rings is 1. The Kier molecular flexibility index (Phi) is 10.1. The first-order valence-electron chi connectivity index (χ1n) is 9.56. The normalized spacial score (nSPS) is 21.7. The lowest BCUT2D eigenvalue weighted by Gasteiger charge is -2.28. The molecule has 160 valence electrons. The number of guanidine groups is 1. The molecule has 1 saturated heterocycles. The lowest BCUT2D eigenvalue weighted by Crippen LogP contribution is -2.48. The van der Waals surface area contributed by atoms with Crippen LogP contribution in [0.3, 0.4) is 0 Å². The third-order valence-electron chi connectivity index (χ3n) is 5.34. The van der Waals surface area contributed by atoms with Crippen molar-refractivity contribution < 1.29 is 8.78 Å². The minimum absolute atomic E-state index is 0. The fourth-order valence-electron chi connectivity index (χ4n) is 3.55. The summed E-state index contributed by atoms with van der Waals surface area (Å²) in [5.41, 5.74) is 0.0747. The smallest absolute Gasteiger partial charge is 0.191 e. The molecule has 0 spiro atoms. The number of nitrogens with zero attached hydrogens (tertiary/aromatic N) is 3. The minimum atomic E-state index is -0.532. The van der Waals surface area contributed by atoms with Crippen LogP contribution in [0.15, 0.2) is 23.2 Å². The zero-order chi connectivity index (χ0) is 20.1. The minimum Gasteiger partial charge on any atom is -0.354 e. The molecule has 28 heavy (non-hydrogen) atoms. The van der Waals surface area contributed by atoms with Crippen LogP contribution in [0.1, 0.15) is 32.4 Å². The maximum absolute atomic E-state index is 14.2. The topological polar surface area (TPSA) is 42.9 Å². The Balaban J connectivity index is 0.00000392. The average Bonchev–Trinajstić information content (AvgIpc) is 2.96. The van der Waals surface area contributed by atoms with E-state index in [1.54, 1.807) is 11.9 Å². The first-order chi connectivity index (χ1) is 12.7. The lowest BCUT2D eigenvalue weighted by molar-refractivity contribution is 0.265. The highest BCUT2D eigenvalue weighted by atomic mass is 127. The number of aliphatic imine (C=N–C) groups is 1. The summed E-state index contributed by atoms with van der Waals surface area (Å²) in [5, 5.41) is 6.71. The summed E-state index contributed by atoms with van der Waals surface area (Å²) in [6.45, 7) is 8.98. The summed E-state index contributed by atoms with van der Waals surface area (Å²) in [6.07, 6.45) is 0. The van der Waals surface area contributed by atoms with Crippen molar-refractivity contribution in [2.45, 2.75) is 38.9 Å². The highest BCUT2D eigenvalue weighted by Crippen LogP contribution is 2.24. The highest BCUT2D eigenvalue weighted by molar-refractivity contribution is 14.0. The van der Waals surface area contributed by atoms with Crippen LogP contribution in [0.5, 0.6) is 0 Å². The molecule has 0 radical (unpaired) electrons. The van der Waals surface area contributed by atoms with Gasteiger partial charge in [-0.15, -0.1) is 24.0 Å². The zero-order valence-electron chi connectivity index (χ0n) is 17.7. The SMILES string of the molecule is CN=C(NCC(c1c(F)cccc1F)N(C)C)NC1CN(C(C)C)CC1C.I. The Hall–Kier alpha value is -1.00. The number of likely N-dealkylation sites (N-methyl/N-ethyl adjacent to an activating group) is 1. The first kappa shape index (κ1) is 25.0. The van der Waals surface area contributed by atoms with Crippen LogP contribution in [0, 0.1) is 17.6 Å². The van der Waals surface area contributed by atoms with Gasteiger partial charge in [0.05, 0.1) is 6.04 Å². The van der Waals surface area contributed by atoms with Crippen molar-refractivity contribution in [1.29, 1.82) is 0 Å². The average molecular weight is 509 g/mol. The van der Waals surface area contributed by atoms with Crippen LogP contribution in [0.2, 0.25) is 0 Å². The summed E-state index contributed by atoms with van der Waals surface area (Å²) < 4.78 is 28.4.